The molecule has 0 saturated heterocycles. The Morgan fingerprint density at radius 3 is 3.12 bits per heavy atom. The smallest absolute Gasteiger partial charge is 0.186 e. The van der Waals surface area contributed by atoms with Crippen LogP contribution in [0.25, 0.3) is 10.9 Å². The molecule has 0 unspecified atom stereocenters. The average molecular weight is 246 g/mol. The van der Waals surface area contributed by atoms with Gasteiger partial charge in [-0.3, -0.25) is 5.43 Å². The number of benzene rings is 1. The molecule has 1 aromatic carbocycles. The number of fused-ring (bicyclic) bond motifs is 1. The van der Waals surface area contributed by atoms with Crippen molar-refractivity contribution in [3.63, 3.8) is 0 Å². The SMILES string of the molecule is CCNC(=S)N/N=C/c1c[nH]c2ccccc12. The molecule has 1 aromatic heterocycles. The summed E-state index contributed by atoms with van der Waals surface area (Å²) in [5, 5.41) is 8.72. The summed E-state index contributed by atoms with van der Waals surface area (Å²) in [6.07, 6.45) is 3.68. The van der Waals surface area contributed by atoms with E-state index in [0.29, 0.717) is 5.11 Å². The zero-order valence-corrected chi connectivity index (χ0v) is 10.3. The van der Waals surface area contributed by atoms with E-state index in [9.17, 15) is 0 Å². The van der Waals surface area contributed by atoms with Gasteiger partial charge in [0.25, 0.3) is 0 Å². The fraction of sp³-hybridized carbons (Fsp3) is 0.167. The second kappa shape index (κ2) is 5.45. The Morgan fingerprint density at radius 1 is 1.47 bits per heavy atom. The van der Waals surface area contributed by atoms with Crippen molar-refractivity contribution in [3.8, 4) is 0 Å². The normalized spacial score (nSPS) is 10.9. The Balaban J connectivity index is 2.08. The minimum Gasteiger partial charge on any atom is -0.362 e. The Morgan fingerprint density at radius 2 is 2.29 bits per heavy atom. The number of hydrazone groups is 1. The van der Waals surface area contributed by atoms with Gasteiger partial charge in [-0.15, -0.1) is 0 Å². The van der Waals surface area contributed by atoms with E-state index in [1.54, 1.807) is 6.21 Å². The van der Waals surface area contributed by atoms with Crippen molar-refractivity contribution < 1.29 is 0 Å². The van der Waals surface area contributed by atoms with Crippen molar-refractivity contribution >= 4 is 34.4 Å². The van der Waals surface area contributed by atoms with Crippen LogP contribution in [0.4, 0.5) is 0 Å². The van der Waals surface area contributed by atoms with E-state index >= 15 is 0 Å². The van der Waals surface area contributed by atoms with Crippen LogP contribution in [0.5, 0.6) is 0 Å². The molecule has 5 heteroatoms. The maximum absolute atomic E-state index is 5.00. The first-order valence-electron chi connectivity index (χ1n) is 5.44. The third-order valence-corrected chi connectivity index (χ3v) is 2.56. The first-order chi connectivity index (χ1) is 8.31. The summed E-state index contributed by atoms with van der Waals surface area (Å²) < 4.78 is 0. The summed E-state index contributed by atoms with van der Waals surface area (Å²) in [6, 6.07) is 8.09. The highest BCUT2D eigenvalue weighted by Gasteiger charge is 1.99. The van der Waals surface area contributed by atoms with Gasteiger partial charge in [-0.1, -0.05) is 18.2 Å². The number of aromatic nitrogens is 1. The van der Waals surface area contributed by atoms with Gasteiger partial charge in [0, 0.05) is 29.2 Å². The van der Waals surface area contributed by atoms with Gasteiger partial charge in [0.15, 0.2) is 5.11 Å². The number of thiocarbonyl (C=S) groups is 1. The molecule has 0 fully saturated rings. The largest absolute Gasteiger partial charge is 0.362 e. The van der Waals surface area contributed by atoms with Gasteiger partial charge in [0.05, 0.1) is 6.21 Å². The van der Waals surface area contributed by atoms with E-state index in [1.165, 1.54) is 0 Å². The van der Waals surface area contributed by atoms with Crippen LogP contribution >= 0.6 is 12.2 Å². The van der Waals surface area contributed by atoms with Crippen LogP contribution in [0.2, 0.25) is 0 Å². The molecule has 3 N–H and O–H groups in total. The van der Waals surface area contributed by atoms with E-state index in [-0.39, 0.29) is 0 Å². The van der Waals surface area contributed by atoms with Gasteiger partial charge in [-0.05, 0) is 25.2 Å². The quantitative estimate of drug-likeness (QED) is 0.441. The molecule has 2 rings (SSSR count). The monoisotopic (exact) mass is 246 g/mol. The minimum atomic E-state index is 0.531. The number of rotatable bonds is 3. The summed E-state index contributed by atoms with van der Waals surface area (Å²) in [5.74, 6) is 0. The number of nitrogens with one attached hydrogen (secondary N) is 3. The molecule has 0 amide bonds. The van der Waals surface area contributed by atoms with Crippen LogP contribution in [-0.4, -0.2) is 22.9 Å². The van der Waals surface area contributed by atoms with E-state index in [4.69, 9.17) is 12.2 Å². The predicted octanol–water partition coefficient (Wildman–Crippen LogP) is 1.99. The fourth-order valence-electron chi connectivity index (χ4n) is 1.56. The van der Waals surface area contributed by atoms with E-state index in [2.05, 4.69) is 26.9 Å². The van der Waals surface area contributed by atoms with Gasteiger partial charge in [0.2, 0.25) is 0 Å². The van der Waals surface area contributed by atoms with Gasteiger partial charge >= 0.3 is 0 Å². The molecule has 0 bridgehead atoms. The molecule has 4 nitrogen and oxygen atoms in total. The number of para-hydroxylation sites is 1. The minimum absolute atomic E-state index is 0.531. The maximum atomic E-state index is 5.00. The molecule has 0 radical (unpaired) electrons. The highest BCUT2D eigenvalue weighted by Crippen LogP contribution is 2.15. The van der Waals surface area contributed by atoms with Crippen molar-refractivity contribution in [2.45, 2.75) is 6.92 Å². The molecule has 1 heterocycles. The molecule has 2 aromatic rings. The van der Waals surface area contributed by atoms with Crippen molar-refractivity contribution in [3.05, 3.63) is 36.0 Å². The van der Waals surface area contributed by atoms with Gasteiger partial charge in [-0.25, -0.2) is 0 Å². The van der Waals surface area contributed by atoms with E-state index in [1.807, 2.05) is 31.3 Å². The Kier molecular flexibility index (Phi) is 3.72. The maximum Gasteiger partial charge on any atom is 0.186 e. The lowest BCUT2D eigenvalue weighted by Gasteiger charge is -2.02. The van der Waals surface area contributed by atoms with Gasteiger partial charge in [0.1, 0.15) is 0 Å². The molecule has 0 aliphatic rings. The second-order valence-electron chi connectivity index (χ2n) is 3.52. The molecule has 0 aliphatic carbocycles. The lowest BCUT2D eigenvalue weighted by molar-refractivity contribution is 0.904. The van der Waals surface area contributed by atoms with Crippen LogP contribution < -0.4 is 10.7 Å². The Hall–Kier alpha value is -1.88. The van der Waals surface area contributed by atoms with Crippen LogP contribution in [0.3, 0.4) is 0 Å². The topological polar surface area (TPSA) is 52.2 Å². The molecule has 88 valence electrons. The van der Waals surface area contributed by atoms with Gasteiger partial charge in [-0.2, -0.15) is 5.10 Å². The Labute approximate surface area is 105 Å². The third kappa shape index (κ3) is 2.82. The highest BCUT2D eigenvalue weighted by molar-refractivity contribution is 7.80. The van der Waals surface area contributed by atoms with Crippen LogP contribution in [-0.2, 0) is 0 Å². The zero-order valence-electron chi connectivity index (χ0n) is 9.53. The molecular formula is C12H14N4S. The number of hydrogen-bond acceptors (Lipinski definition) is 2. The molecule has 0 atom stereocenters. The van der Waals surface area contributed by atoms with Crippen LogP contribution in [0, 0.1) is 0 Å². The predicted molar refractivity (Wildman–Crippen MR) is 75.3 cm³/mol. The zero-order chi connectivity index (χ0) is 12.1. The summed E-state index contributed by atoms with van der Waals surface area (Å²) >= 11 is 5.00. The Bertz CT molecular complexity index is 544. The standard InChI is InChI=1S/C12H14N4S/c1-2-13-12(17)16-15-8-9-7-14-11-6-4-3-5-10(9)11/h3-8,14H,2H2,1H3,(H2,13,16,17)/b15-8+. The first kappa shape index (κ1) is 11.6. The van der Waals surface area contributed by atoms with Crippen molar-refractivity contribution in [2.24, 2.45) is 5.10 Å². The summed E-state index contributed by atoms with van der Waals surface area (Å²) in [7, 11) is 0. The molecular weight excluding hydrogens is 232 g/mol. The lowest BCUT2D eigenvalue weighted by atomic mass is 10.2. The summed E-state index contributed by atoms with van der Waals surface area (Å²) in [6.45, 7) is 2.77. The summed E-state index contributed by atoms with van der Waals surface area (Å²) in [4.78, 5) is 3.18. The van der Waals surface area contributed by atoms with E-state index in [0.717, 1.165) is 23.0 Å². The number of H-pyrrole nitrogens is 1. The first-order valence-corrected chi connectivity index (χ1v) is 5.85. The second-order valence-corrected chi connectivity index (χ2v) is 3.93. The van der Waals surface area contributed by atoms with Crippen LogP contribution in [0.15, 0.2) is 35.6 Å². The highest BCUT2D eigenvalue weighted by atomic mass is 32.1. The molecule has 0 spiro atoms. The average Bonchev–Trinajstić information content (AvgIpc) is 2.73. The molecule has 0 saturated carbocycles. The fourth-order valence-corrected chi connectivity index (χ4v) is 1.76. The number of hydrogen-bond donors (Lipinski definition) is 3. The van der Waals surface area contributed by atoms with Crippen molar-refractivity contribution in [1.29, 1.82) is 0 Å². The van der Waals surface area contributed by atoms with Crippen LogP contribution in [0.1, 0.15) is 12.5 Å². The number of nitrogens with zero attached hydrogens (tertiary/aromatic N) is 1. The molecule has 17 heavy (non-hydrogen) atoms. The molecule has 0 aliphatic heterocycles. The van der Waals surface area contributed by atoms with Gasteiger partial charge < -0.3 is 10.3 Å². The third-order valence-electron chi connectivity index (χ3n) is 2.33. The van der Waals surface area contributed by atoms with Crippen molar-refractivity contribution in [2.75, 3.05) is 6.54 Å². The lowest BCUT2D eigenvalue weighted by Crippen LogP contribution is -2.31. The van der Waals surface area contributed by atoms with Crippen molar-refractivity contribution in [1.82, 2.24) is 15.7 Å². The number of aromatic amines is 1. The van der Waals surface area contributed by atoms with E-state index < -0.39 is 0 Å². The summed E-state index contributed by atoms with van der Waals surface area (Å²) in [5.41, 5.74) is 4.90.